The van der Waals surface area contributed by atoms with Crippen LogP contribution in [0.1, 0.15) is 31.8 Å². The van der Waals surface area contributed by atoms with Crippen LogP contribution in [-0.2, 0) is 0 Å². The molecule has 4 aromatic carbocycles. The van der Waals surface area contributed by atoms with Gasteiger partial charge in [0.2, 0.25) is 0 Å². The van der Waals surface area contributed by atoms with E-state index in [1.165, 1.54) is 0 Å². The predicted molar refractivity (Wildman–Crippen MR) is 139 cm³/mol. The molecule has 4 aromatic rings. The molecule has 4 rings (SSSR count). The van der Waals surface area contributed by atoms with Gasteiger partial charge in [0.05, 0.1) is 0 Å². The number of anilines is 2. The number of rotatable bonds is 4. The third kappa shape index (κ3) is 5.96. The Bertz CT molecular complexity index is 1150. The summed E-state index contributed by atoms with van der Waals surface area (Å²) >= 11 is 8.01. The van der Waals surface area contributed by atoms with Gasteiger partial charge in [0.15, 0.2) is 11.6 Å². The van der Waals surface area contributed by atoms with Gasteiger partial charge in [0, 0.05) is 42.2 Å². The SMILES string of the molecule is Nc1ccc(Cl)cc1C(=O)c1ccccc1.Nc1ccc(I)cc1C(=O)c1ccccc1. The zero-order chi connectivity index (χ0) is 23.1. The lowest BCUT2D eigenvalue weighted by atomic mass is 10.0. The molecule has 32 heavy (non-hydrogen) atoms. The Labute approximate surface area is 205 Å². The molecule has 4 nitrogen and oxygen atoms in total. The van der Waals surface area contributed by atoms with E-state index in [2.05, 4.69) is 22.6 Å². The van der Waals surface area contributed by atoms with E-state index in [-0.39, 0.29) is 11.6 Å². The van der Waals surface area contributed by atoms with Gasteiger partial charge < -0.3 is 11.5 Å². The molecule has 6 heteroatoms. The standard InChI is InChI=1S/C13H10ClNO.C13H10INO/c2*14-10-6-7-12(15)11(8-10)13(16)9-4-2-1-3-5-9/h2*1-8H,15H2. The minimum Gasteiger partial charge on any atom is -0.398 e. The first kappa shape index (κ1) is 23.5. The Morgan fingerprint density at radius 2 is 1.06 bits per heavy atom. The van der Waals surface area contributed by atoms with Crippen LogP contribution in [0.25, 0.3) is 0 Å². The lowest BCUT2D eigenvalue weighted by Gasteiger charge is -2.05. The number of benzene rings is 4. The fourth-order valence-corrected chi connectivity index (χ4v) is 3.60. The number of carbonyl (C=O) groups is 2. The largest absolute Gasteiger partial charge is 0.398 e. The molecule has 160 valence electrons. The molecule has 0 bridgehead atoms. The highest BCUT2D eigenvalue weighted by Gasteiger charge is 2.13. The smallest absolute Gasteiger partial charge is 0.195 e. The van der Waals surface area contributed by atoms with Crippen LogP contribution in [0.3, 0.4) is 0 Å². The maximum Gasteiger partial charge on any atom is 0.195 e. The van der Waals surface area contributed by atoms with Crippen LogP contribution < -0.4 is 11.5 Å². The van der Waals surface area contributed by atoms with Gasteiger partial charge in [-0.1, -0.05) is 72.3 Å². The first-order valence-corrected chi connectivity index (χ1v) is 11.1. The van der Waals surface area contributed by atoms with E-state index in [0.717, 1.165) is 3.57 Å². The summed E-state index contributed by atoms with van der Waals surface area (Å²) in [6.45, 7) is 0. The van der Waals surface area contributed by atoms with Crippen molar-refractivity contribution in [2.45, 2.75) is 0 Å². The van der Waals surface area contributed by atoms with Crippen molar-refractivity contribution >= 4 is 57.1 Å². The maximum atomic E-state index is 12.1. The number of ketones is 2. The summed E-state index contributed by atoms with van der Waals surface area (Å²) in [5.74, 6) is -0.141. The van der Waals surface area contributed by atoms with Gasteiger partial charge in [0.1, 0.15) is 0 Å². The summed E-state index contributed by atoms with van der Waals surface area (Å²) in [4.78, 5) is 24.2. The molecule has 4 N–H and O–H groups in total. The first-order valence-electron chi connectivity index (χ1n) is 9.66. The van der Waals surface area contributed by atoms with Gasteiger partial charge in [-0.15, -0.1) is 0 Å². The first-order chi connectivity index (χ1) is 15.4. The summed E-state index contributed by atoms with van der Waals surface area (Å²) in [6.07, 6.45) is 0. The average Bonchev–Trinajstić information content (AvgIpc) is 2.83. The Hall–Kier alpha value is -3.16. The van der Waals surface area contributed by atoms with Crippen LogP contribution in [0.2, 0.25) is 5.02 Å². The number of hydrogen-bond donors (Lipinski definition) is 2. The van der Waals surface area contributed by atoms with Crippen LogP contribution in [-0.4, -0.2) is 11.6 Å². The molecule has 0 unspecified atom stereocenters. The highest BCUT2D eigenvalue weighted by molar-refractivity contribution is 14.1. The molecule has 0 heterocycles. The van der Waals surface area contributed by atoms with Crippen LogP contribution in [0.4, 0.5) is 11.4 Å². The summed E-state index contributed by atoms with van der Waals surface area (Å²) in [5.41, 5.74) is 14.8. The van der Waals surface area contributed by atoms with Gasteiger partial charge >= 0.3 is 0 Å². The van der Waals surface area contributed by atoms with Crippen molar-refractivity contribution in [2.75, 3.05) is 11.5 Å². The van der Waals surface area contributed by atoms with Gasteiger partial charge in [-0.05, 0) is 59.0 Å². The Morgan fingerprint density at radius 3 is 1.56 bits per heavy atom. The molecule has 0 aliphatic rings. The van der Waals surface area contributed by atoms with Gasteiger partial charge in [-0.25, -0.2) is 0 Å². The van der Waals surface area contributed by atoms with Crippen molar-refractivity contribution < 1.29 is 9.59 Å². The average molecular weight is 555 g/mol. The summed E-state index contributed by atoms with van der Waals surface area (Å²) in [5, 5.41) is 0.508. The Morgan fingerprint density at radius 1 is 0.625 bits per heavy atom. The molecular weight excluding hydrogens is 535 g/mol. The second-order valence-corrected chi connectivity index (χ2v) is 8.54. The second-order valence-electron chi connectivity index (χ2n) is 6.85. The van der Waals surface area contributed by atoms with E-state index in [0.29, 0.717) is 38.7 Å². The number of carbonyl (C=O) groups excluding carboxylic acids is 2. The van der Waals surface area contributed by atoms with Crippen LogP contribution in [0.5, 0.6) is 0 Å². The third-order valence-electron chi connectivity index (χ3n) is 4.59. The van der Waals surface area contributed by atoms with Gasteiger partial charge in [-0.3, -0.25) is 9.59 Å². The molecule has 0 aromatic heterocycles. The fourth-order valence-electron chi connectivity index (χ4n) is 2.94. The zero-order valence-electron chi connectivity index (χ0n) is 17.0. The van der Waals surface area contributed by atoms with Gasteiger partial charge in [-0.2, -0.15) is 0 Å². The van der Waals surface area contributed by atoms with Crippen molar-refractivity contribution in [1.82, 2.24) is 0 Å². The molecule has 0 saturated heterocycles. The molecule has 0 aliphatic carbocycles. The van der Waals surface area contributed by atoms with Crippen molar-refractivity contribution in [2.24, 2.45) is 0 Å². The van der Waals surface area contributed by atoms with E-state index in [1.807, 2.05) is 48.5 Å². The van der Waals surface area contributed by atoms with Crippen molar-refractivity contribution in [3.05, 3.63) is 128 Å². The normalized spacial score (nSPS) is 10.1. The monoisotopic (exact) mass is 554 g/mol. The van der Waals surface area contributed by atoms with E-state index < -0.39 is 0 Å². The quantitative estimate of drug-likeness (QED) is 0.177. The fraction of sp³-hybridized carbons (Fsp3) is 0. The molecule has 0 atom stereocenters. The molecule has 0 amide bonds. The highest BCUT2D eigenvalue weighted by atomic mass is 127. The van der Waals surface area contributed by atoms with Gasteiger partial charge in [0.25, 0.3) is 0 Å². The minimum absolute atomic E-state index is 0.0309. The van der Waals surface area contributed by atoms with Crippen molar-refractivity contribution in [3.8, 4) is 0 Å². The number of nitrogens with two attached hydrogens (primary N) is 2. The number of nitrogen functional groups attached to an aromatic ring is 2. The molecule has 0 aliphatic heterocycles. The number of hydrogen-bond acceptors (Lipinski definition) is 4. The molecule has 0 saturated carbocycles. The van der Waals surface area contributed by atoms with Crippen molar-refractivity contribution in [3.63, 3.8) is 0 Å². The van der Waals surface area contributed by atoms with Crippen LogP contribution in [0.15, 0.2) is 97.1 Å². The number of halogens is 2. The highest BCUT2D eigenvalue weighted by Crippen LogP contribution is 2.21. The molecule has 0 spiro atoms. The van der Waals surface area contributed by atoms with E-state index in [1.54, 1.807) is 48.5 Å². The molecule has 0 radical (unpaired) electrons. The lowest BCUT2D eigenvalue weighted by molar-refractivity contribution is 0.103. The lowest BCUT2D eigenvalue weighted by Crippen LogP contribution is -2.05. The Kier molecular flexibility index (Phi) is 8.03. The third-order valence-corrected chi connectivity index (χ3v) is 5.50. The Balaban J connectivity index is 0.000000181. The second kappa shape index (κ2) is 10.9. The van der Waals surface area contributed by atoms with Crippen molar-refractivity contribution in [1.29, 1.82) is 0 Å². The summed E-state index contributed by atoms with van der Waals surface area (Å²) in [7, 11) is 0. The minimum atomic E-state index is -0.111. The molecule has 0 fully saturated rings. The maximum absolute atomic E-state index is 12.1. The summed E-state index contributed by atoms with van der Waals surface area (Å²) < 4.78 is 1.01. The van der Waals surface area contributed by atoms with E-state index in [9.17, 15) is 9.59 Å². The van der Waals surface area contributed by atoms with Crippen LogP contribution in [0, 0.1) is 3.57 Å². The van der Waals surface area contributed by atoms with E-state index >= 15 is 0 Å². The topological polar surface area (TPSA) is 86.2 Å². The predicted octanol–water partition coefficient (Wildman–Crippen LogP) is 6.26. The van der Waals surface area contributed by atoms with Crippen LogP contribution >= 0.6 is 34.2 Å². The summed E-state index contributed by atoms with van der Waals surface area (Å²) in [6, 6.07) is 28.5. The molecular formula is C26H20ClIN2O2. The zero-order valence-corrected chi connectivity index (χ0v) is 19.9. The van der Waals surface area contributed by atoms with E-state index in [4.69, 9.17) is 23.1 Å².